The number of methoxy groups -OCH3 is 1. The van der Waals surface area contributed by atoms with E-state index >= 15 is 0 Å². The highest BCUT2D eigenvalue weighted by Crippen LogP contribution is 2.27. The van der Waals surface area contributed by atoms with Crippen LogP contribution in [0.2, 0.25) is 0 Å². The first-order chi connectivity index (χ1) is 10.6. The van der Waals surface area contributed by atoms with Crippen LogP contribution in [0.1, 0.15) is 24.8 Å². The molecule has 1 fully saturated rings. The Labute approximate surface area is 130 Å². The third-order valence-electron chi connectivity index (χ3n) is 3.67. The van der Waals surface area contributed by atoms with E-state index in [9.17, 15) is 9.59 Å². The van der Waals surface area contributed by atoms with Crippen LogP contribution in [0.5, 0.6) is 0 Å². The van der Waals surface area contributed by atoms with Crippen molar-refractivity contribution in [1.82, 2.24) is 5.32 Å². The Morgan fingerprint density at radius 3 is 2.91 bits per heavy atom. The molecule has 0 saturated carbocycles. The fraction of sp³-hybridized carbons (Fsp3) is 0.500. The zero-order valence-corrected chi connectivity index (χ0v) is 13.1. The van der Waals surface area contributed by atoms with Gasteiger partial charge >= 0.3 is 6.03 Å². The Kier molecular flexibility index (Phi) is 5.77. The molecule has 3 amide bonds. The van der Waals surface area contributed by atoms with Crippen LogP contribution in [0.25, 0.3) is 0 Å². The van der Waals surface area contributed by atoms with E-state index in [0.29, 0.717) is 25.3 Å². The van der Waals surface area contributed by atoms with Crippen LogP contribution >= 0.6 is 0 Å². The number of aryl methyl sites for hydroxylation is 1. The number of amides is 3. The van der Waals surface area contributed by atoms with E-state index in [1.54, 1.807) is 7.11 Å². The van der Waals surface area contributed by atoms with Crippen LogP contribution in [-0.4, -0.2) is 38.7 Å². The average Bonchev–Trinajstić information content (AvgIpc) is 2.50. The lowest BCUT2D eigenvalue weighted by Crippen LogP contribution is -2.36. The summed E-state index contributed by atoms with van der Waals surface area (Å²) < 4.78 is 4.88. The number of piperidine rings is 1. The molecule has 1 heterocycles. The summed E-state index contributed by atoms with van der Waals surface area (Å²) in [6, 6.07) is 5.33. The topological polar surface area (TPSA) is 70.7 Å². The molecule has 0 aliphatic carbocycles. The molecule has 0 unspecified atom stereocenters. The van der Waals surface area contributed by atoms with Crippen molar-refractivity contribution < 1.29 is 14.3 Å². The lowest BCUT2D eigenvalue weighted by Gasteiger charge is -2.28. The summed E-state index contributed by atoms with van der Waals surface area (Å²) in [5.74, 6) is 0.149. The van der Waals surface area contributed by atoms with Crippen molar-refractivity contribution in [2.45, 2.75) is 26.2 Å². The first kappa shape index (κ1) is 16.3. The van der Waals surface area contributed by atoms with E-state index in [1.165, 1.54) is 0 Å². The predicted molar refractivity (Wildman–Crippen MR) is 86.3 cm³/mol. The number of ether oxygens (including phenoxy) is 1. The number of rotatable bonds is 5. The monoisotopic (exact) mass is 305 g/mol. The van der Waals surface area contributed by atoms with Gasteiger partial charge in [0.05, 0.1) is 6.61 Å². The maximum absolute atomic E-state index is 12.1. The minimum atomic E-state index is -0.281. The fourth-order valence-corrected chi connectivity index (χ4v) is 2.48. The number of hydrogen-bond donors (Lipinski definition) is 2. The molecule has 0 spiro atoms. The summed E-state index contributed by atoms with van der Waals surface area (Å²) in [5, 5.41) is 5.48. The Morgan fingerprint density at radius 1 is 1.36 bits per heavy atom. The van der Waals surface area contributed by atoms with Crippen molar-refractivity contribution in [1.29, 1.82) is 0 Å². The first-order valence-electron chi connectivity index (χ1n) is 7.56. The number of carbonyl (C=O) groups excluding carboxylic acids is 2. The Balaban J connectivity index is 2.06. The van der Waals surface area contributed by atoms with E-state index in [2.05, 4.69) is 10.6 Å². The van der Waals surface area contributed by atoms with Gasteiger partial charge in [0.2, 0.25) is 5.91 Å². The van der Waals surface area contributed by atoms with Gasteiger partial charge in [0.25, 0.3) is 0 Å². The van der Waals surface area contributed by atoms with Gasteiger partial charge in [0, 0.05) is 38.0 Å². The van der Waals surface area contributed by atoms with Crippen LogP contribution in [-0.2, 0) is 9.53 Å². The molecule has 22 heavy (non-hydrogen) atoms. The molecule has 1 aliphatic rings. The molecule has 6 nitrogen and oxygen atoms in total. The van der Waals surface area contributed by atoms with Crippen molar-refractivity contribution in [3.8, 4) is 0 Å². The van der Waals surface area contributed by atoms with Gasteiger partial charge in [-0.3, -0.25) is 4.79 Å². The Hall–Kier alpha value is -2.08. The number of benzene rings is 1. The van der Waals surface area contributed by atoms with Gasteiger partial charge in [-0.05, 0) is 37.5 Å². The highest BCUT2D eigenvalue weighted by molar-refractivity contribution is 5.96. The second-order valence-electron chi connectivity index (χ2n) is 5.38. The van der Waals surface area contributed by atoms with Gasteiger partial charge in [-0.1, -0.05) is 6.07 Å². The molecule has 0 radical (unpaired) electrons. The Morgan fingerprint density at radius 2 is 2.18 bits per heavy atom. The summed E-state index contributed by atoms with van der Waals surface area (Å²) >= 11 is 0. The van der Waals surface area contributed by atoms with Crippen LogP contribution in [0.3, 0.4) is 0 Å². The fourth-order valence-electron chi connectivity index (χ4n) is 2.48. The number of anilines is 2. The molecule has 0 bridgehead atoms. The number of carbonyl (C=O) groups is 2. The number of hydrogen-bond acceptors (Lipinski definition) is 3. The molecule has 1 aliphatic heterocycles. The molecule has 2 rings (SSSR count). The van der Waals surface area contributed by atoms with E-state index in [1.807, 2.05) is 30.0 Å². The van der Waals surface area contributed by atoms with E-state index in [-0.39, 0.29) is 11.9 Å². The minimum absolute atomic E-state index is 0.149. The van der Waals surface area contributed by atoms with Crippen molar-refractivity contribution in [2.24, 2.45) is 0 Å². The molecular formula is C16H23N3O3. The van der Waals surface area contributed by atoms with Crippen molar-refractivity contribution >= 4 is 23.3 Å². The lowest BCUT2D eigenvalue weighted by atomic mass is 10.1. The Bertz CT molecular complexity index is 545. The minimum Gasteiger partial charge on any atom is -0.383 e. The number of nitrogens with zero attached hydrogens (tertiary/aromatic N) is 1. The zero-order chi connectivity index (χ0) is 15.9. The highest BCUT2D eigenvalue weighted by atomic mass is 16.5. The van der Waals surface area contributed by atoms with Crippen LogP contribution in [0, 0.1) is 6.92 Å². The summed E-state index contributed by atoms with van der Waals surface area (Å²) in [6.07, 6.45) is 2.56. The van der Waals surface area contributed by atoms with E-state index < -0.39 is 0 Å². The summed E-state index contributed by atoms with van der Waals surface area (Å²) in [7, 11) is 1.58. The summed E-state index contributed by atoms with van der Waals surface area (Å²) in [6.45, 7) is 3.63. The zero-order valence-electron chi connectivity index (χ0n) is 13.1. The van der Waals surface area contributed by atoms with Gasteiger partial charge < -0.3 is 20.3 Å². The number of nitrogens with one attached hydrogen (secondary N) is 2. The van der Waals surface area contributed by atoms with Crippen LogP contribution in [0.4, 0.5) is 16.2 Å². The van der Waals surface area contributed by atoms with Crippen molar-refractivity contribution in [3.05, 3.63) is 23.8 Å². The number of urea groups is 1. The van der Waals surface area contributed by atoms with Gasteiger partial charge in [0.15, 0.2) is 0 Å². The normalized spacial score (nSPS) is 14.8. The van der Waals surface area contributed by atoms with E-state index in [4.69, 9.17) is 4.74 Å². The van der Waals surface area contributed by atoms with Crippen molar-refractivity contribution in [2.75, 3.05) is 37.0 Å². The third kappa shape index (κ3) is 4.21. The van der Waals surface area contributed by atoms with Gasteiger partial charge in [-0.15, -0.1) is 0 Å². The molecule has 1 saturated heterocycles. The van der Waals surface area contributed by atoms with Crippen molar-refractivity contribution in [3.63, 3.8) is 0 Å². The molecule has 120 valence electrons. The third-order valence-corrected chi connectivity index (χ3v) is 3.67. The largest absolute Gasteiger partial charge is 0.383 e. The average molecular weight is 305 g/mol. The molecular weight excluding hydrogens is 282 g/mol. The lowest BCUT2D eigenvalue weighted by molar-refractivity contribution is -0.119. The summed E-state index contributed by atoms with van der Waals surface area (Å²) in [4.78, 5) is 25.6. The van der Waals surface area contributed by atoms with Gasteiger partial charge in [-0.2, -0.15) is 0 Å². The maximum Gasteiger partial charge on any atom is 0.319 e. The van der Waals surface area contributed by atoms with Crippen LogP contribution in [0.15, 0.2) is 18.2 Å². The highest BCUT2D eigenvalue weighted by Gasteiger charge is 2.21. The second kappa shape index (κ2) is 7.79. The van der Waals surface area contributed by atoms with Gasteiger partial charge in [0.1, 0.15) is 0 Å². The second-order valence-corrected chi connectivity index (χ2v) is 5.38. The molecule has 0 aromatic heterocycles. The first-order valence-corrected chi connectivity index (χ1v) is 7.56. The molecule has 0 atom stereocenters. The smallest absolute Gasteiger partial charge is 0.319 e. The predicted octanol–water partition coefficient (Wildman–Crippen LogP) is 2.28. The quantitative estimate of drug-likeness (QED) is 0.820. The summed E-state index contributed by atoms with van der Waals surface area (Å²) in [5.41, 5.74) is 2.58. The maximum atomic E-state index is 12.1. The van der Waals surface area contributed by atoms with Crippen LogP contribution < -0.4 is 15.5 Å². The standard InChI is InChI=1S/C16H23N3O3/c1-12-6-7-13(18-16(21)17-8-10-22-2)11-14(12)19-9-4-3-5-15(19)20/h6-7,11H,3-5,8-10H2,1-2H3,(H2,17,18,21). The molecule has 1 aromatic rings. The molecule has 2 N–H and O–H groups in total. The van der Waals surface area contributed by atoms with E-state index in [0.717, 1.165) is 30.6 Å². The SMILES string of the molecule is COCCNC(=O)Nc1ccc(C)c(N2CCCCC2=O)c1. The molecule has 6 heteroatoms. The van der Waals surface area contributed by atoms with Gasteiger partial charge in [-0.25, -0.2) is 4.79 Å². The molecule has 1 aromatic carbocycles.